The first-order chi connectivity index (χ1) is 9.70. The molecule has 1 aromatic heterocycles. The van der Waals surface area contributed by atoms with Crippen LogP contribution in [0.2, 0.25) is 0 Å². The highest BCUT2D eigenvalue weighted by molar-refractivity contribution is 7.89. The van der Waals surface area contributed by atoms with Gasteiger partial charge in [0.15, 0.2) is 0 Å². The van der Waals surface area contributed by atoms with Crippen LogP contribution >= 0.6 is 0 Å². The van der Waals surface area contributed by atoms with Gasteiger partial charge in [-0.2, -0.15) is 13.2 Å². The van der Waals surface area contributed by atoms with E-state index in [1.165, 1.54) is 6.20 Å². The van der Waals surface area contributed by atoms with Gasteiger partial charge in [-0.1, -0.05) is 0 Å². The van der Waals surface area contributed by atoms with Crippen molar-refractivity contribution in [2.45, 2.75) is 42.8 Å². The third-order valence-corrected chi connectivity index (χ3v) is 5.13. The van der Waals surface area contributed by atoms with Crippen LogP contribution in [0.25, 0.3) is 0 Å². The molecule has 0 aliphatic heterocycles. The van der Waals surface area contributed by atoms with E-state index in [0.29, 0.717) is 0 Å². The van der Waals surface area contributed by atoms with Gasteiger partial charge in [-0.15, -0.1) is 0 Å². The second-order valence-electron chi connectivity index (χ2n) is 5.08. The molecule has 5 nitrogen and oxygen atoms in total. The van der Waals surface area contributed by atoms with Crippen LogP contribution < -0.4 is 10.2 Å². The largest absolute Gasteiger partial charge is 0.391 e. The quantitative estimate of drug-likeness (QED) is 0.889. The Morgan fingerprint density at radius 1 is 1.19 bits per heavy atom. The summed E-state index contributed by atoms with van der Waals surface area (Å²) in [6.07, 6.45) is -1.88. The molecule has 0 unspecified atom stereocenters. The minimum absolute atomic E-state index is 0.105. The van der Waals surface area contributed by atoms with E-state index in [1.807, 2.05) is 0 Å². The topological polar surface area (TPSA) is 79.0 Å². The van der Waals surface area contributed by atoms with Crippen LogP contribution in [-0.4, -0.2) is 25.6 Å². The number of rotatable bonds is 3. The highest BCUT2D eigenvalue weighted by atomic mass is 32.2. The van der Waals surface area contributed by atoms with Gasteiger partial charge in [-0.05, 0) is 25.7 Å². The van der Waals surface area contributed by atoms with E-state index in [1.54, 1.807) is 0 Å². The number of aromatic nitrogens is 1. The molecule has 0 spiro atoms. The number of halogens is 3. The Kier molecular flexibility index (Phi) is 4.43. The number of hydrogen-bond acceptors (Lipinski definition) is 3. The van der Waals surface area contributed by atoms with Crippen molar-refractivity contribution < 1.29 is 21.6 Å². The second-order valence-corrected chi connectivity index (χ2v) is 6.77. The van der Waals surface area contributed by atoms with Crippen molar-refractivity contribution in [2.75, 3.05) is 0 Å². The normalized spacial score (nSPS) is 24.0. The van der Waals surface area contributed by atoms with Gasteiger partial charge in [0.2, 0.25) is 15.5 Å². The van der Waals surface area contributed by atoms with Crippen LogP contribution in [0.3, 0.4) is 0 Å². The zero-order chi connectivity index (χ0) is 15.7. The molecule has 1 saturated carbocycles. The molecule has 1 aromatic rings. The summed E-state index contributed by atoms with van der Waals surface area (Å²) in [5.74, 6) is -1.38. The van der Waals surface area contributed by atoms with Crippen LogP contribution in [0.1, 0.15) is 25.7 Å². The summed E-state index contributed by atoms with van der Waals surface area (Å²) in [6, 6.07) is 0.503. The lowest BCUT2D eigenvalue weighted by molar-refractivity contribution is -0.182. The number of nitrogens with one attached hydrogen (secondary N) is 2. The van der Waals surface area contributed by atoms with Crippen molar-refractivity contribution in [3.8, 4) is 0 Å². The highest BCUT2D eigenvalue weighted by Gasteiger charge is 2.42. The van der Waals surface area contributed by atoms with E-state index < -0.39 is 38.5 Å². The summed E-state index contributed by atoms with van der Waals surface area (Å²) in [5.41, 5.74) is -0.662. The van der Waals surface area contributed by atoms with Crippen molar-refractivity contribution in [3.05, 3.63) is 28.7 Å². The van der Waals surface area contributed by atoms with Crippen LogP contribution in [0, 0.1) is 5.92 Å². The molecule has 1 aliphatic carbocycles. The maximum absolute atomic E-state index is 12.5. The van der Waals surface area contributed by atoms with Gasteiger partial charge in [-0.3, -0.25) is 4.79 Å². The summed E-state index contributed by atoms with van der Waals surface area (Å²) in [6.45, 7) is 0. The predicted molar refractivity (Wildman–Crippen MR) is 69.2 cm³/mol. The van der Waals surface area contributed by atoms with Crippen LogP contribution in [0.4, 0.5) is 13.2 Å². The second kappa shape index (κ2) is 5.80. The molecule has 0 aromatic carbocycles. The minimum atomic E-state index is -4.24. The summed E-state index contributed by atoms with van der Waals surface area (Å²) >= 11 is 0. The first-order valence-electron chi connectivity index (χ1n) is 6.46. The van der Waals surface area contributed by atoms with Gasteiger partial charge in [0, 0.05) is 24.5 Å². The van der Waals surface area contributed by atoms with E-state index in [4.69, 9.17) is 0 Å². The molecular formula is C12H15F3N2O3S. The maximum atomic E-state index is 12.5. The van der Waals surface area contributed by atoms with Gasteiger partial charge in [0.05, 0.1) is 5.92 Å². The molecule has 2 rings (SSSR count). The molecule has 1 aliphatic rings. The van der Waals surface area contributed by atoms with Crippen LogP contribution in [-0.2, 0) is 10.0 Å². The number of alkyl halides is 3. The van der Waals surface area contributed by atoms with Crippen LogP contribution in [0.15, 0.2) is 28.2 Å². The number of H-pyrrole nitrogens is 1. The summed E-state index contributed by atoms with van der Waals surface area (Å²) in [4.78, 5) is 13.6. The Morgan fingerprint density at radius 3 is 2.33 bits per heavy atom. The molecule has 1 heterocycles. The third-order valence-electron chi connectivity index (χ3n) is 3.59. The SMILES string of the molecule is O=c1cc[nH]cc1S(=O)(=O)NC1CCC(C(F)(F)F)CC1. The van der Waals surface area contributed by atoms with E-state index in [9.17, 15) is 26.4 Å². The number of aromatic amines is 1. The fourth-order valence-corrected chi connectivity index (χ4v) is 3.79. The fraction of sp³-hybridized carbons (Fsp3) is 0.583. The number of hydrogen-bond donors (Lipinski definition) is 2. The van der Waals surface area contributed by atoms with Gasteiger partial charge >= 0.3 is 6.18 Å². The Labute approximate surface area is 119 Å². The molecule has 0 bridgehead atoms. The molecule has 2 N–H and O–H groups in total. The van der Waals surface area contributed by atoms with Crippen molar-refractivity contribution in [1.82, 2.24) is 9.71 Å². The summed E-state index contributed by atoms with van der Waals surface area (Å²) < 4.78 is 64.0. The zero-order valence-electron chi connectivity index (χ0n) is 11.0. The van der Waals surface area contributed by atoms with Crippen LogP contribution in [0.5, 0.6) is 0 Å². The Balaban J connectivity index is 2.04. The Morgan fingerprint density at radius 2 is 1.81 bits per heavy atom. The average Bonchev–Trinajstić information content (AvgIpc) is 2.38. The third kappa shape index (κ3) is 3.85. The lowest BCUT2D eigenvalue weighted by Gasteiger charge is -2.30. The van der Waals surface area contributed by atoms with Gasteiger partial charge in [-0.25, -0.2) is 13.1 Å². The molecule has 0 radical (unpaired) electrons. The molecule has 21 heavy (non-hydrogen) atoms. The predicted octanol–water partition coefficient (Wildman–Crippen LogP) is 1.77. The van der Waals surface area contributed by atoms with Gasteiger partial charge in [0.25, 0.3) is 0 Å². The smallest absolute Gasteiger partial charge is 0.366 e. The molecule has 0 saturated heterocycles. The summed E-state index contributed by atoms with van der Waals surface area (Å²) in [7, 11) is -4.02. The van der Waals surface area contributed by atoms with Crippen molar-refractivity contribution in [1.29, 1.82) is 0 Å². The fourth-order valence-electron chi connectivity index (χ4n) is 2.43. The minimum Gasteiger partial charge on any atom is -0.366 e. The number of pyridine rings is 1. The number of sulfonamides is 1. The zero-order valence-corrected chi connectivity index (χ0v) is 11.8. The van der Waals surface area contributed by atoms with Gasteiger partial charge < -0.3 is 4.98 Å². The standard InChI is InChI=1S/C12H15F3N2O3S/c13-12(14,15)8-1-3-9(4-2-8)17-21(19,20)11-7-16-6-5-10(11)18/h5-9,17H,1-4H2,(H,16,18). The molecule has 0 atom stereocenters. The molecular weight excluding hydrogens is 309 g/mol. The first-order valence-corrected chi connectivity index (χ1v) is 7.94. The molecule has 118 valence electrons. The van der Waals surface area contributed by atoms with E-state index in [0.717, 1.165) is 12.3 Å². The first kappa shape index (κ1) is 16.0. The van der Waals surface area contributed by atoms with E-state index >= 15 is 0 Å². The highest BCUT2D eigenvalue weighted by Crippen LogP contribution is 2.37. The van der Waals surface area contributed by atoms with E-state index in [-0.39, 0.29) is 25.7 Å². The van der Waals surface area contributed by atoms with E-state index in [2.05, 4.69) is 9.71 Å². The van der Waals surface area contributed by atoms with Gasteiger partial charge in [0.1, 0.15) is 4.90 Å². The maximum Gasteiger partial charge on any atom is 0.391 e. The van der Waals surface area contributed by atoms with Crippen molar-refractivity contribution in [3.63, 3.8) is 0 Å². The van der Waals surface area contributed by atoms with Crippen molar-refractivity contribution >= 4 is 10.0 Å². The average molecular weight is 324 g/mol. The molecule has 1 fully saturated rings. The molecule has 9 heteroatoms. The lowest BCUT2D eigenvalue weighted by atomic mass is 9.86. The Bertz CT molecular complexity index is 646. The lowest BCUT2D eigenvalue weighted by Crippen LogP contribution is -2.41. The monoisotopic (exact) mass is 324 g/mol. The summed E-state index contributed by atoms with van der Waals surface area (Å²) in [5, 5.41) is 0. The Hall–Kier alpha value is -1.35. The van der Waals surface area contributed by atoms with Crippen molar-refractivity contribution in [2.24, 2.45) is 5.92 Å². The molecule has 0 amide bonds.